The lowest BCUT2D eigenvalue weighted by atomic mass is 9.79. The van der Waals surface area contributed by atoms with Crippen LogP contribution in [-0.2, 0) is 0 Å². The molecular weight excluding hydrogens is 407 g/mol. The molecule has 7 nitrogen and oxygen atoms in total. The number of anilines is 1. The fourth-order valence-electron chi connectivity index (χ4n) is 4.67. The molecule has 2 N–H and O–H groups in total. The Morgan fingerprint density at radius 3 is 2.41 bits per heavy atom. The number of hydrogen-bond donors (Lipinski definition) is 2. The summed E-state index contributed by atoms with van der Waals surface area (Å²) in [6, 6.07) is 2.84. The Hall–Kier alpha value is -2.87. The van der Waals surface area contributed by atoms with E-state index >= 15 is 0 Å². The number of phenols is 1. The molecule has 0 atom stereocenters. The van der Waals surface area contributed by atoms with Gasteiger partial charge in [0.15, 0.2) is 0 Å². The van der Waals surface area contributed by atoms with Gasteiger partial charge in [-0.3, -0.25) is 4.99 Å². The largest absolute Gasteiger partial charge is 0.507 e. The van der Waals surface area contributed by atoms with Gasteiger partial charge in [-0.2, -0.15) is 0 Å². The molecule has 0 bridgehead atoms. The lowest BCUT2D eigenvalue weighted by Gasteiger charge is -2.48. The van der Waals surface area contributed by atoms with Crippen molar-refractivity contribution in [2.75, 3.05) is 19.0 Å². The first kappa shape index (κ1) is 23.8. The van der Waals surface area contributed by atoms with Crippen molar-refractivity contribution >= 4 is 11.7 Å². The summed E-state index contributed by atoms with van der Waals surface area (Å²) in [5.74, 6) is -0.109. The van der Waals surface area contributed by atoms with Crippen LogP contribution in [0.1, 0.15) is 53.0 Å². The number of hydrogen-bond acceptors (Lipinski definition) is 7. The van der Waals surface area contributed by atoms with Gasteiger partial charge in [-0.25, -0.2) is 9.37 Å². The number of phenolic OH excluding ortho intramolecular Hbond substituents is 1. The molecule has 1 aromatic carbocycles. The minimum Gasteiger partial charge on any atom is -0.507 e. The number of aromatic nitrogens is 3. The first-order valence-electron chi connectivity index (χ1n) is 10.8. The third-order valence-electron chi connectivity index (χ3n) is 5.78. The monoisotopic (exact) mass is 440 g/mol. The van der Waals surface area contributed by atoms with Crippen LogP contribution in [0.5, 0.6) is 5.75 Å². The molecule has 0 spiro atoms. The number of allylic oxidation sites excluding steroid dienone is 2. The minimum atomic E-state index is -0.501. The molecule has 1 fully saturated rings. The van der Waals surface area contributed by atoms with Crippen molar-refractivity contribution in [3.63, 3.8) is 0 Å². The predicted molar refractivity (Wildman–Crippen MR) is 127 cm³/mol. The third-order valence-corrected chi connectivity index (χ3v) is 5.78. The molecule has 0 saturated carbocycles. The van der Waals surface area contributed by atoms with Crippen LogP contribution in [0.4, 0.5) is 10.3 Å². The second-order valence-corrected chi connectivity index (χ2v) is 9.67. The molecule has 1 saturated heterocycles. The van der Waals surface area contributed by atoms with Crippen molar-refractivity contribution in [1.82, 2.24) is 20.5 Å². The van der Waals surface area contributed by atoms with E-state index in [4.69, 9.17) is 0 Å². The molecule has 2 aromatic rings. The molecule has 8 heteroatoms. The SMILES string of the molecule is C/C=C\C(=NC)c1cc(O)c(-c2cnc(N(C)C3CC(C)(C)NC(C)(C)C3)nn2)cc1F. The number of benzene rings is 1. The molecule has 172 valence electrons. The summed E-state index contributed by atoms with van der Waals surface area (Å²) in [6.45, 7) is 10.6. The maximum absolute atomic E-state index is 14.8. The smallest absolute Gasteiger partial charge is 0.245 e. The number of halogens is 1. The predicted octanol–water partition coefficient (Wildman–Crippen LogP) is 4.12. The third kappa shape index (κ3) is 5.12. The van der Waals surface area contributed by atoms with Crippen molar-refractivity contribution in [3.05, 3.63) is 41.9 Å². The number of aromatic hydroxyl groups is 1. The fourth-order valence-corrected chi connectivity index (χ4v) is 4.67. The van der Waals surface area contributed by atoms with Crippen LogP contribution in [0.25, 0.3) is 11.3 Å². The maximum atomic E-state index is 14.8. The summed E-state index contributed by atoms with van der Waals surface area (Å²) in [4.78, 5) is 10.6. The maximum Gasteiger partial charge on any atom is 0.245 e. The number of rotatable bonds is 5. The number of piperidine rings is 1. The van der Waals surface area contributed by atoms with E-state index in [9.17, 15) is 9.50 Å². The Bertz CT molecular complexity index is 1010. The zero-order valence-corrected chi connectivity index (χ0v) is 19.9. The molecule has 3 rings (SSSR count). The van der Waals surface area contributed by atoms with Gasteiger partial charge >= 0.3 is 0 Å². The number of nitrogens with one attached hydrogen (secondary N) is 1. The zero-order chi connectivity index (χ0) is 23.7. The van der Waals surface area contributed by atoms with Crippen molar-refractivity contribution in [2.24, 2.45) is 4.99 Å². The lowest BCUT2D eigenvalue weighted by molar-refractivity contribution is 0.160. The minimum absolute atomic E-state index is 0.00722. The quantitative estimate of drug-likeness (QED) is 0.680. The van der Waals surface area contributed by atoms with Gasteiger partial charge in [-0.15, -0.1) is 10.2 Å². The normalized spacial score (nSPS) is 18.8. The first-order valence-corrected chi connectivity index (χ1v) is 10.8. The summed E-state index contributed by atoms with van der Waals surface area (Å²) in [5, 5.41) is 22.7. The summed E-state index contributed by atoms with van der Waals surface area (Å²) < 4.78 is 14.8. The highest BCUT2D eigenvalue weighted by atomic mass is 19.1. The molecule has 1 aromatic heterocycles. The van der Waals surface area contributed by atoms with Gasteiger partial charge < -0.3 is 15.3 Å². The van der Waals surface area contributed by atoms with E-state index in [1.54, 1.807) is 19.2 Å². The molecule has 0 unspecified atom stereocenters. The summed E-state index contributed by atoms with van der Waals surface area (Å²) >= 11 is 0. The van der Waals surface area contributed by atoms with Gasteiger partial charge in [0.25, 0.3) is 0 Å². The molecule has 0 radical (unpaired) electrons. The molecule has 1 aliphatic heterocycles. The second kappa shape index (κ2) is 8.94. The molecule has 32 heavy (non-hydrogen) atoms. The molecule has 2 heterocycles. The van der Waals surface area contributed by atoms with Crippen LogP contribution in [0.3, 0.4) is 0 Å². The van der Waals surface area contributed by atoms with Crippen molar-refractivity contribution in [2.45, 2.75) is 64.6 Å². The van der Waals surface area contributed by atoms with E-state index in [2.05, 4.69) is 53.2 Å². The number of nitrogens with zero attached hydrogens (tertiary/aromatic N) is 5. The van der Waals surface area contributed by atoms with E-state index in [0.29, 0.717) is 17.4 Å². The summed E-state index contributed by atoms with van der Waals surface area (Å²) in [7, 11) is 3.55. The van der Waals surface area contributed by atoms with Gasteiger partial charge in [0.2, 0.25) is 5.95 Å². The van der Waals surface area contributed by atoms with Crippen LogP contribution in [0.15, 0.2) is 35.5 Å². The van der Waals surface area contributed by atoms with Crippen LogP contribution < -0.4 is 10.2 Å². The van der Waals surface area contributed by atoms with E-state index in [1.807, 2.05) is 18.9 Å². The van der Waals surface area contributed by atoms with Crippen molar-refractivity contribution < 1.29 is 9.50 Å². The standard InChI is InChI=1S/C24H33FN6O/c1-8-9-19(26-6)16-11-21(32)17(10-18(16)25)20-14-27-22(29-28-20)31(7)15-12-23(2,3)30-24(4,5)13-15/h8-11,14-15,30,32H,12-13H2,1-7H3/b9-8-,26-19?. The highest BCUT2D eigenvalue weighted by molar-refractivity contribution is 6.09. The average molecular weight is 441 g/mol. The van der Waals surface area contributed by atoms with Crippen LogP contribution >= 0.6 is 0 Å². The van der Waals surface area contributed by atoms with Crippen molar-refractivity contribution in [3.8, 4) is 17.0 Å². The van der Waals surface area contributed by atoms with E-state index in [-0.39, 0.29) is 34.0 Å². The molecular formula is C24H33FN6O. The van der Waals surface area contributed by atoms with Gasteiger partial charge in [0, 0.05) is 42.3 Å². The Labute approximate surface area is 189 Å². The summed E-state index contributed by atoms with van der Waals surface area (Å²) in [6.07, 6.45) is 6.86. The van der Waals surface area contributed by atoms with E-state index in [0.717, 1.165) is 12.8 Å². The number of aliphatic imine (C=N–C) groups is 1. The van der Waals surface area contributed by atoms with Crippen LogP contribution in [-0.4, -0.2) is 57.2 Å². The van der Waals surface area contributed by atoms with Gasteiger partial charge in [0.05, 0.1) is 11.9 Å². The van der Waals surface area contributed by atoms with E-state index < -0.39 is 5.82 Å². The highest BCUT2D eigenvalue weighted by Crippen LogP contribution is 2.33. The molecule has 0 aliphatic carbocycles. The fraction of sp³-hybridized carbons (Fsp3) is 0.500. The zero-order valence-electron chi connectivity index (χ0n) is 19.9. The Morgan fingerprint density at radius 1 is 1.22 bits per heavy atom. The second-order valence-electron chi connectivity index (χ2n) is 9.67. The Balaban J connectivity index is 1.86. The van der Waals surface area contributed by atoms with Gasteiger partial charge in [-0.05, 0) is 65.7 Å². The van der Waals surface area contributed by atoms with Crippen LogP contribution in [0.2, 0.25) is 0 Å². The highest BCUT2D eigenvalue weighted by Gasteiger charge is 2.39. The summed E-state index contributed by atoms with van der Waals surface area (Å²) in [5.41, 5.74) is 1.19. The van der Waals surface area contributed by atoms with E-state index in [1.165, 1.54) is 18.3 Å². The Morgan fingerprint density at radius 2 is 1.88 bits per heavy atom. The lowest BCUT2D eigenvalue weighted by Crippen LogP contribution is -2.62. The average Bonchev–Trinajstić information content (AvgIpc) is 2.71. The topological polar surface area (TPSA) is 86.5 Å². The Kier molecular flexibility index (Phi) is 6.64. The van der Waals surface area contributed by atoms with Gasteiger partial charge in [-0.1, -0.05) is 6.08 Å². The van der Waals surface area contributed by atoms with Crippen molar-refractivity contribution in [1.29, 1.82) is 0 Å². The van der Waals surface area contributed by atoms with Crippen LogP contribution in [0, 0.1) is 5.82 Å². The molecule has 0 amide bonds. The van der Waals surface area contributed by atoms with Gasteiger partial charge in [0.1, 0.15) is 17.3 Å². The molecule has 1 aliphatic rings. The first-order chi connectivity index (χ1) is 15.0.